The normalized spacial score (nSPS) is 22.0. The Morgan fingerprint density at radius 2 is 1.33 bits per heavy atom. The molecule has 0 aromatic heterocycles. The third-order valence-electron chi connectivity index (χ3n) is 6.35. The third kappa shape index (κ3) is 6.25. The summed E-state index contributed by atoms with van der Waals surface area (Å²) in [4.78, 5) is 0. The van der Waals surface area contributed by atoms with Crippen molar-refractivity contribution in [3.8, 4) is 0 Å². The van der Waals surface area contributed by atoms with E-state index in [1.165, 1.54) is 11.1 Å². The highest BCUT2D eigenvalue weighted by molar-refractivity contribution is 6.74. The molecule has 2 aromatic rings. The Bertz CT molecular complexity index is 761. The Morgan fingerprint density at radius 1 is 0.800 bits per heavy atom. The maximum atomic E-state index is 6.46. The lowest BCUT2D eigenvalue weighted by molar-refractivity contribution is -0.0987. The van der Waals surface area contributed by atoms with Crippen LogP contribution in [0.2, 0.25) is 18.1 Å². The Balaban J connectivity index is 1.54. The van der Waals surface area contributed by atoms with Crippen LogP contribution < -0.4 is 5.32 Å². The first-order valence-electron chi connectivity index (χ1n) is 10.9. The van der Waals surface area contributed by atoms with E-state index in [1.54, 1.807) is 0 Å². The average molecular weight is 428 g/mol. The van der Waals surface area contributed by atoms with E-state index in [9.17, 15) is 0 Å². The van der Waals surface area contributed by atoms with Gasteiger partial charge in [0.1, 0.15) is 0 Å². The van der Waals surface area contributed by atoms with E-state index < -0.39 is 8.32 Å². The first kappa shape index (κ1) is 23.2. The molecule has 0 aliphatic carbocycles. The number of benzene rings is 2. The molecular formula is C25H37NO3Si. The number of nitrogens with one attached hydrogen (secondary N) is 1. The van der Waals surface area contributed by atoms with Gasteiger partial charge in [-0.1, -0.05) is 81.4 Å². The quantitative estimate of drug-likeness (QED) is 0.532. The van der Waals surface area contributed by atoms with Crippen molar-refractivity contribution in [3.63, 3.8) is 0 Å². The fourth-order valence-electron chi connectivity index (χ4n) is 3.30. The smallest absolute Gasteiger partial charge is 0.192 e. The Morgan fingerprint density at radius 3 is 1.90 bits per heavy atom. The monoisotopic (exact) mass is 427 g/mol. The minimum Gasteiger partial charge on any atom is -0.415 e. The second-order valence-electron chi connectivity index (χ2n) is 9.71. The van der Waals surface area contributed by atoms with Crippen molar-refractivity contribution in [1.82, 2.24) is 5.32 Å². The van der Waals surface area contributed by atoms with E-state index in [1.807, 2.05) is 24.3 Å². The zero-order valence-corrected chi connectivity index (χ0v) is 20.1. The van der Waals surface area contributed by atoms with Crippen molar-refractivity contribution >= 4 is 8.32 Å². The van der Waals surface area contributed by atoms with Gasteiger partial charge in [-0.2, -0.15) is 0 Å². The molecule has 0 bridgehead atoms. The Kier molecular flexibility index (Phi) is 7.88. The molecule has 4 nitrogen and oxygen atoms in total. The van der Waals surface area contributed by atoms with Crippen LogP contribution in [-0.4, -0.2) is 39.7 Å². The predicted molar refractivity (Wildman–Crippen MR) is 125 cm³/mol. The van der Waals surface area contributed by atoms with Crippen LogP contribution in [0.15, 0.2) is 60.7 Å². The van der Waals surface area contributed by atoms with Crippen LogP contribution in [0.4, 0.5) is 0 Å². The van der Waals surface area contributed by atoms with E-state index in [2.05, 4.69) is 75.6 Å². The van der Waals surface area contributed by atoms with Crippen molar-refractivity contribution in [1.29, 1.82) is 0 Å². The molecule has 2 aromatic carbocycles. The van der Waals surface area contributed by atoms with Crippen LogP contribution in [0.5, 0.6) is 0 Å². The van der Waals surface area contributed by atoms with Gasteiger partial charge in [0.25, 0.3) is 0 Å². The lowest BCUT2D eigenvalue weighted by atomic mass is 9.94. The summed E-state index contributed by atoms with van der Waals surface area (Å²) in [7, 11) is -1.78. The van der Waals surface area contributed by atoms with Crippen LogP contribution in [-0.2, 0) is 27.1 Å². The molecule has 0 amide bonds. The van der Waals surface area contributed by atoms with Crippen molar-refractivity contribution in [3.05, 3.63) is 71.8 Å². The topological polar surface area (TPSA) is 39.7 Å². The van der Waals surface area contributed by atoms with Crippen LogP contribution in [0.1, 0.15) is 31.9 Å². The Labute approximate surface area is 183 Å². The van der Waals surface area contributed by atoms with Gasteiger partial charge in [-0.25, -0.2) is 0 Å². The molecule has 1 N–H and O–H groups in total. The molecule has 1 aliphatic heterocycles. The first-order chi connectivity index (χ1) is 14.3. The second kappa shape index (κ2) is 10.2. The molecule has 3 atom stereocenters. The highest BCUT2D eigenvalue weighted by Crippen LogP contribution is 2.37. The highest BCUT2D eigenvalue weighted by atomic mass is 28.4. The van der Waals surface area contributed by atoms with E-state index in [0.717, 1.165) is 0 Å². The molecule has 3 unspecified atom stereocenters. The van der Waals surface area contributed by atoms with Gasteiger partial charge in [-0.15, -0.1) is 0 Å². The average Bonchev–Trinajstić information content (AvgIpc) is 2.70. The summed E-state index contributed by atoms with van der Waals surface area (Å²) in [6.07, 6.45) is 0.0887. The van der Waals surface area contributed by atoms with Crippen molar-refractivity contribution in [2.75, 3.05) is 13.2 Å². The van der Waals surface area contributed by atoms with Gasteiger partial charge < -0.3 is 19.2 Å². The van der Waals surface area contributed by atoms with Gasteiger partial charge >= 0.3 is 0 Å². The molecule has 0 saturated carbocycles. The van der Waals surface area contributed by atoms with E-state index in [-0.39, 0.29) is 23.2 Å². The van der Waals surface area contributed by atoms with Gasteiger partial charge in [0.15, 0.2) is 8.32 Å². The molecule has 1 aliphatic rings. The highest BCUT2D eigenvalue weighted by Gasteiger charge is 2.44. The molecule has 164 valence electrons. The zero-order chi connectivity index (χ0) is 21.6. The molecule has 30 heavy (non-hydrogen) atoms. The van der Waals surface area contributed by atoms with Gasteiger partial charge in [-0.05, 0) is 29.3 Å². The second-order valence-corrected chi connectivity index (χ2v) is 14.5. The van der Waals surface area contributed by atoms with Gasteiger partial charge in [0.05, 0.1) is 44.6 Å². The molecular weight excluding hydrogens is 390 g/mol. The van der Waals surface area contributed by atoms with Crippen LogP contribution in [0, 0.1) is 0 Å². The standard InChI is InChI=1S/C25H37NO3Si/c1-25(2,3)30(4,5)29-19-23-24(28-17-21-14-10-7-11-15-21)22(26-23)18-27-16-20-12-8-6-9-13-20/h6-15,22-24,26H,16-19H2,1-5H3. The number of ether oxygens (including phenoxy) is 2. The molecule has 0 radical (unpaired) electrons. The lowest BCUT2D eigenvalue weighted by Crippen LogP contribution is -2.70. The maximum Gasteiger partial charge on any atom is 0.192 e. The minimum atomic E-state index is -1.78. The van der Waals surface area contributed by atoms with Crippen LogP contribution in [0.3, 0.4) is 0 Å². The summed E-state index contributed by atoms with van der Waals surface area (Å²) in [5, 5.41) is 3.83. The van der Waals surface area contributed by atoms with Crippen LogP contribution in [0.25, 0.3) is 0 Å². The van der Waals surface area contributed by atoms with E-state index in [4.69, 9.17) is 13.9 Å². The first-order valence-corrected chi connectivity index (χ1v) is 13.8. The molecule has 1 heterocycles. The molecule has 0 spiro atoms. The molecule has 5 heteroatoms. The third-order valence-corrected chi connectivity index (χ3v) is 10.8. The van der Waals surface area contributed by atoms with Crippen molar-refractivity contribution in [2.24, 2.45) is 0 Å². The van der Waals surface area contributed by atoms with Crippen LogP contribution >= 0.6 is 0 Å². The SMILES string of the molecule is CC(C)(C)[Si](C)(C)OCC1NC(COCc2ccccc2)C1OCc1ccccc1. The zero-order valence-electron chi connectivity index (χ0n) is 19.1. The van der Waals surface area contributed by atoms with Crippen molar-refractivity contribution in [2.45, 2.75) is 70.3 Å². The van der Waals surface area contributed by atoms with Crippen molar-refractivity contribution < 1.29 is 13.9 Å². The van der Waals surface area contributed by atoms with E-state index >= 15 is 0 Å². The predicted octanol–water partition coefficient (Wildman–Crippen LogP) is 5.15. The molecule has 1 saturated heterocycles. The summed E-state index contributed by atoms with van der Waals surface area (Å²) < 4.78 is 18.8. The maximum absolute atomic E-state index is 6.46. The summed E-state index contributed by atoms with van der Waals surface area (Å²) in [5.41, 5.74) is 2.38. The van der Waals surface area contributed by atoms with E-state index in [0.29, 0.717) is 26.4 Å². The summed E-state index contributed by atoms with van der Waals surface area (Å²) >= 11 is 0. The Hall–Kier alpha value is -1.50. The van der Waals surface area contributed by atoms with Gasteiger partial charge in [0, 0.05) is 0 Å². The minimum absolute atomic E-state index is 0.0887. The fraction of sp³-hybridized carbons (Fsp3) is 0.520. The summed E-state index contributed by atoms with van der Waals surface area (Å²) in [6, 6.07) is 21.0. The summed E-state index contributed by atoms with van der Waals surface area (Å²) in [6.45, 7) is 14.0. The number of hydrogen-bond acceptors (Lipinski definition) is 4. The van der Waals surface area contributed by atoms with Gasteiger partial charge in [0.2, 0.25) is 0 Å². The van der Waals surface area contributed by atoms with Gasteiger partial charge in [-0.3, -0.25) is 0 Å². The lowest BCUT2D eigenvalue weighted by Gasteiger charge is -2.47. The molecule has 3 rings (SSSR count). The largest absolute Gasteiger partial charge is 0.415 e. The number of hydrogen-bond donors (Lipinski definition) is 1. The fourth-order valence-corrected chi connectivity index (χ4v) is 4.33. The molecule has 1 fully saturated rings. The number of rotatable bonds is 10. The summed E-state index contributed by atoms with van der Waals surface area (Å²) in [5.74, 6) is 0.